The number of carboxylic acid groups (broad SMARTS) is 1. The molecular weight excluding hydrogens is 428 g/mol. The van der Waals surface area contributed by atoms with Crippen molar-refractivity contribution >= 4 is 57.7 Å². The number of carbonyl (C=O) groups is 2. The van der Waals surface area contributed by atoms with Gasteiger partial charge in [-0.3, -0.25) is 9.59 Å². The summed E-state index contributed by atoms with van der Waals surface area (Å²) in [7, 11) is 0. The zero-order chi connectivity index (χ0) is 15.6. The standard InChI is InChI=1S/C14H14Cl2INO3/c15-9-6-10(13(17)11(16)7-9)14(21)18-3-1-8(2-4-18)5-12(19)20/h6-8H,1-5H2,(H,19,20). The van der Waals surface area contributed by atoms with Crippen LogP contribution in [0.1, 0.15) is 29.6 Å². The van der Waals surface area contributed by atoms with Crippen molar-refractivity contribution < 1.29 is 14.7 Å². The second-order valence-corrected chi connectivity index (χ2v) is 7.00. The molecule has 1 saturated heterocycles. The van der Waals surface area contributed by atoms with Gasteiger partial charge in [0.2, 0.25) is 0 Å². The van der Waals surface area contributed by atoms with Gasteiger partial charge in [0.05, 0.1) is 10.6 Å². The highest BCUT2D eigenvalue weighted by molar-refractivity contribution is 14.1. The first-order chi connectivity index (χ1) is 9.88. The van der Waals surface area contributed by atoms with Gasteiger partial charge in [-0.15, -0.1) is 0 Å². The van der Waals surface area contributed by atoms with Gasteiger partial charge >= 0.3 is 5.97 Å². The predicted molar refractivity (Wildman–Crippen MR) is 90.1 cm³/mol. The average Bonchev–Trinajstić information content (AvgIpc) is 2.42. The molecule has 0 atom stereocenters. The largest absolute Gasteiger partial charge is 0.481 e. The van der Waals surface area contributed by atoms with Crippen molar-refractivity contribution in [2.45, 2.75) is 19.3 Å². The Morgan fingerprint density at radius 1 is 1.29 bits per heavy atom. The average molecular weight is 442 g/mol. The molecule has 1 aliphatic rings. The van der Waals surface area contributed by atoms with Crippen molar-refractivity contribution in [2.75, 3.05) is 13.1 Å². The number of halogens is 3. The molecule has 7 heteroatoms. The zero-order valence-electron chi connectivity index (χ0n) is 11.1. The van der Waals surface area contributed by atoms with E-state index in [-0.39, 0.29) is 18.2 Å². The molecule has 2 rings (SSSR count). The van der Waals surface area contributed by atoms with E-state index in [1.807, 2.05) is 22.6 Å². The Morgan fingerprint density at radius 3 is 2.48 bits per heavy atom. The van der Waals surface area contributed by atoms with E-state index in [0.717, 1.165) is 0 Å². The van der Waals surface area contributed by atoms with Crippen LogP contribution in [0.4, 0.5) is 0 Å². The number of aliphatic carboxylic acids is 1. The second-order valence-electron chi connectivity index (χ2n) is 5.08. The smallest absolute Gasteiger partial charge is 0.303 e. The lowest BCUT2D eigenvalue weighted by molar-refractivity contribution is -0.138. The molecule has 0 aliphatic carbocycles. The number of piperidine rings is 1. The normalized spacial score (nSPS) is 16.0. The molecule has 1 aromatic rings. The van der Waals surface area contributed by atoms with Crippen molar-refractivity contribution in [1.82, 2.24) is 4.90 Å². The summed E-state index contributed by atoms with van der Waals surface area (Å²) in [5.74, 6) is -0.734. The molecule has 1 aliphatic heterocycles. The molecule has 1 heterocycles. The molecule has 4 nitrogen and oxygen atoms in total. The number of carbonyl (C=O) groups excluding carboxylic acids is 1. The molecule has 0 unspecified atom stereocenters. The fraction of sp³-hybridized carbons (Fsp3) is 0.429. The van der Waals surface area contributed by atoms with Crippen LogP contribution in [0.25, 0.3) is 0 Å². The summed E-state index contributed by atoms with van der Waals surface area (Å²) >= 11 is 14.1. The van der Waals surface area contributed by atoms with Crippen LogP contribution in [-0.2, 0) is 4.79 Å². The van der Waals surface area contributed by atoms with E-state index in [4.69, 9.17) is 28.3 Å². The fourth-order valence-electron chi connectivity index (χ4n) is 2.47. The number of amides is 1. The lowest BCUT2D eigenvalue weighted by atomic mass is 9.93. The summed E-state index contributed by atoms with van der Waals surface area (Å²) in [5, 5.41) is 9.71. The van der Waals surface area contributed by atoms with Crippen LogP contribution in [0.2, 0.25) is 10.0 Å². The molecule has 0 aromatic heterocycles. The van der Waals surface area contributed by atoms with Crippen molar-refractivity contribution in [3.63, 3.8) is 0 Å². The van der Waals surface area contributed by atoms with Gasteiger partial charge in [-0.05, 0) is 53.5 Å². The highest BCUT2D eigenvalue weighted by Crippen LogP contribution is 2.29. The van der Waals surface area contributed by atoms with E-state index in [9.17, 15) is 9.59 Å². The summed E-state index contributed by atoms with van der Waals surface area (Å²) in [5.41, 5.74) is 0.504. The van der Waals surface area contributed by atoms with E-state index in [2.05, 4.69) is 0 Å². The van der Waals surface area contributed by atoms with Crippen LogP contribution in [0.5, 0.6) is 0 Å². The summed E-state index contributed by atoms with van der Waals surface area (Å²) in [6.07, 6.45) is 1.59. The summed E-state index contributed by atoms with van der Waals surface area (Å²) in [6.45, 7) is 1.13. The van der Waals surface area contributed by atoms with Gasteiger partial charge in [-0.25, -0.2) is 0 Å². The van der Waals surface area contributed by atoms with Gasteiger partial charge in [0.15, 0.2) is 0 Å². The number of carboxylic acids is 1. The lowest BCUT2D eigenvalue weighted by Gasteiger charge is -2.31. The van der Waals surface area contributed by atoms with E-state index in [0.29, 0.717) is 45.1 Å². The Hall–Kier alpha value is -0.530. The van der Waals surface area contributed by atoms with Gasteiger partial charge in [0.1, 0.15) is 0 Å². The van der Waals surface area contributed by atoms with Gasteiger partial charge in [-0.2, -0.15) is 0 Å². The summed E-state index contributed by atoms with van der Waals surface area (Å²) < 4.78 is 0.691. The minimum atomic E-state index is -0.782. The van der Waals surface area contributed by atoms with Crippen LogP contribution >= 0.6 is 45.8 Å². The first-order valence-electron chi connectivity index (χ1n) is 6.54. The monoisotopic (exact) mass is 441 g/mol. The number of rotatable bonds is 3. The van der Waals surface area contributed by atoms with Crippen molar-refractivity contribution in [2.24, 2.45) is 5.92 Å². The summed E-state index contributed by atoms with van der Waals surface area (Å²) in [6, 6.07) is 3.24. The lowest BCUT2D eigenvalue weighted by Crippen LogP contribution is -2.39. The quantitative estimate of drug-likeness (QED) is 0.571. The van der Waals surface area contributed by atoms with Crippen LogP contribution in [0.3, 0.4) is 0 Å². The van der Waals surface area contributed by atoms with Gasteiger partial charge in [0.25, 0.3) is 5.91 Å². The molecule has 1 N–H and O–H groups in total. The van der Waals surface area contributed by atoms with Crippen LogP contribution in [0, 0.1) is 9.49 Å². The number of hydrogen-bond acceptors (Lipinski definition) is 2. The van der Waals surface area contributed by atoms with Crippen LogP contribution in [0.15, 0.2) is 12.1 Å². The number of hydrogen-bond donors (Lipinski definition) is 1. The van der Waals surface area contributed by atoms with Gasteiger partial charge in [0, 0.05) is 28.1 Å². The van der Waals surface area contributed by atoms with Gasteiger partial charge in [-0.1, -0.05) is 23.2 Å². The topological polar surface area (TPSA) is 57.6 Å². The van der Waals surface area contributed by atoms with Crippen molar-refractivity contribution in [1.29, 1.82) is 0 Å². The van der Waals surface area contributed by atoms with Crippen LogP contribution < -0.4 is 0 Å². The zero-order valence-corrected chi connectivity index (χ0v) is 14.8. The molecule has 0 radical (unpaired) electrons. The number of benzene rings is 1. The van der Waals surface area contributed by atoms with Crippen molar-refractivity contribution in [3.8, 4) is 0 Å². The Labute approximate surface area is 146 Å². The highest BCUT2D eigenvalue weighted by Gasteiger charge is 2.26. The molecule has 1 aromatic carbocycles. The maximum atomic E-state index is 12.5. The first-order valence-corrected chi connectivity index (χ1v) is 8.37. The molecule has 21 heavy (non-hydrogen) atoms. The van der Waals surface area contributed by atoms with E-state index >= 15 is 0 Å². The third-order valence-corrected chi connectivity index (χ3v) is 5.59. The van der Waals surface area contributed by atoms with E-state index < -0.39 is 5.97 Å². The molecule has 114 valence electrons. The van der Waals surface area contributed by atoms with Gasteiger partial charge < -0.3 is 10.0 Å². The Kier molecular flexibility index (Phi) is 5.73. The minimum Gasteiger partial charge on any atom is -0.481 e. The highest BCUT2D eigenvalue weighted by atomic mass is 127. The fourth-order valence-corrected chi connectivity index (χ4v) is 3.50. The molecule has 1 amide bonds. The Bertz CT molecular complexity index is 572. The number of nitrogens with zero attached hydrogens (tertiary/aromatic N) is 1. The Balaban J connectivity index is 2.07. The molecule has 0 spiro atoms. The molecule has 1 fully saturated rings. The molecular formula is C14H14Cl2INO3. The maximum Gasteiger partial charge on any atom is 0.303 e. The van der Waals surface area contributed by atoms with Crippen LogP contribution in [-0.4, -0.2) is 35.0 Å². The van der Waals surface area contributed by atoms with Crippen molar-refractivity contribution in [3.05, 3.63) is 31.3 Å². The molecule has 0 bridgehead atoms. The maximum absolute atomic E-state index is 12.5. The third kappa shape index (κ3) is 4.23. The first kappa shape index (κ1) is 16.8. The third-order valence-electron chi connectivity index (χ3n) is 3.59. The van der Waals surface area contributed by atoms with E-state index in [1.165, 1.54) is 0 Å². The SMILES string of the molecule is O=C(O)CC1CCN(C(=O)c2cc(Cl)cc(Cl)c2I)CC1. The molecule has 0 saturated carbocycles. The second kappa shape index (κ2) is 7.15. The number of likely N-dealkylation sites (tertiary alicyclic amines) is 1. The minimum absolute atomic E-state index is 0.0995. The summed E-state index contributed by atoms with van der Waals surface area (Å²) in [4.78, 5) is 25.0. The van der Waals surface area contributed by atoms with E-state index in [1.54, 1.807) is 17.0 Å². The predicted octanol–water partition coefficient (Wildman–Crippen LogP) is 3.92. The Morgan fingerprint density at radius 2 is 1.90 bits per heavy atom.